The second kappa shape index (κ2) is 10.2. The lowest BCUT2D eigenvalue weighted by Gasteiger charge is -2.39. The van der Waals surface area contributed by atoms with E-state index in [9.17, 15) is 18.7 Å². The van der Waals surface area contributed by atoms with Crippen LogP contribution in [0, 0.1) is 18.6 Å². The van der Waals surface area contributed by atoms with Crippen molar-refractivity contribution < 1.29 is 18.7 Å². The van der Waals surface area contributed by atoms with Crippen LogP contribution in [0.4, 0.5) is 8.78 Å². The van der Waals surface area contributed by atoms with E-state index in [2.05, 4.69) is 10.1 Å². The Morgan fingerprint density at radius 3 is 2.47 bits per heavy atom. The first kappa shape index (κ1) is 23.7. The molecule has 1 amide bonds. The van der Waals surface area contributed by atoms with Gasteiger partial charge in [0.2, 0.25) is 5.91 Å². The van der Waals surface area contributed by atoms with Crippen molar-refractivity contribution in [1.82, 2.24) is 24.6 Å². The second-order valence-electron chi connectivity index (χ2n) is 8.59. The van der Waals surface area contributed by atoms with Crippen molar-refractivity contribution in [2.24, 2.45) is 0 Å². The summed E-state index contributed by atoms with van der Waals surface area (Å²) in [4.78, 5) is 20.2. The average molecular weight is 468 g/mol. The predicted octanol–water partition coefficient (Wildman–Crippen LogP) is 2.61. The van der Waals surface area contributed by atoms with Crippen LogP contribution in [0.3, 0.4) is 0 Å². The maximum atomic E-state index is 14.6. The maximum absolute atomic E-state index is 14.6. The van der Waals surface area contributed by atoms with E-state index in [-0.39, 0.29) is 24.6 Å². The second-order valence-corrected chi connectivity index (χ2v) is 8.59. The third-order valence-corrected chi connectivity index (χ3v) is 5.99. The zero-order chi connectivity index (χ0) is 24.1. The van der Waals surface area contributed by atoms with Gasteiger partial charge in [0, 0.05) is 50.4 Å². The van der Waals surface area contributed by atoms with Gasteiger partial charge in [0.15, 0.2) is 0 Å². The Balaban J connectivity index is 1.41. The minimum absolute atomic E-state index is 0.0102. The Bertz CT molecular complexity index is 1140. The zero-order valence-electron chi connectivity index (χ0n) is 18.9. The highest BCUT2D eigenvalue weighted by Gasteiger charge is 2.36. The van der Waals surface area contributed by atoms with Crippen LogP contribution in [0.15, 0.2) is 61.2 Å². The van der Waals surface area contributed by atoms with E-state index in [0.717, 1.165) is 23.3 Å². The van der Waals surface area contributed by atoms with Crippen LogP contribution in [0.5, 0.6) is 0 Å². The van der Waals surface area contributed by atoms with Gasteiger partial charge in [0.1, 0.15) is 29.9 Å². The molecule has 1 N–H and O–H groups in total. The van der Waals surface area contributed by atoms with Gasteiger partial charge in [0.05, 0.1) is 6.54 Å². The van der Waals surface area contributed by atoms with Crippen LogP contribution in [-0.2, 0) is 16.9 Å². The van der Waals surface area contributed by atoms with Crippen molar-refractivity contribution in [2.45, 2.75) is 19.1 Å². The molecule has 1 aromatic heterocycles. The fourth-order valence-electron chi connectivity index (χ4n) is 4.12. The van der Waals surface area contributed by atoms with Crippen molar-refractivity contribution in [3.63, 3.8) is 0 Å². The minimum atomic E-state index is -1.66. The number of β-amino-alcohol motifs (C(OH)–C–C–N with tert-alkyl or cyclic N) is 1. The number of benzene rings is 2. The third kappa shape index (κ3) is 5.73. The molecule has 1 saturated heterocycles. The molecule has 1 atom stereocenters. The standard InChI is InChI=1S/C25H27F2N5O2/c1-19-2-4-20(5-3-19)6-9-24(33)31-12-10-30(11-13-31)15-25(34,16-32-18-28-17-29-32)22-8-7-21(26)14-23(22)27/h2-9,14,17-18,34H,10-13,15-16H2,1H3. The van der Waals surface area contributed by atoms with Crippen molar-refractivity contribution in [3.8, 4) is 0 Å². The highest BCUT2D eigenvalue weighted by Crippen LogP contribution is 2.28. The molecule has 9 heteroatoms. The van der Waals surface area contributed by atoms with E-state index in [1.165, 1.54) is 23.4 Å². The molecule has 3 aromatic rings. The SMILES string of the molecule is Cc1ccc(C=CC(=O)N2CCN(CC(O)(Cn3cncn3)c3ccc(F)cc3F)CC2)cc1. The summed E-state index contributed by atoms with van der Waals surface area (Å²) in [6, 6.07) is 11.1. The molecular weight excluding hydrogens is 440 g/mol. The van der Waals surface area contributed by atoms with Crippen LogP contribution in [-0.4, -0.2) is 68.3 Å². The first-order valence-corrected chi connectivity index (χ1v) is 11.1. The molecule has 7 nitrogen and oxygen atoms in total. The van der Waals surface area contributed by atoms with Gasteiger partial charge >= 0.3 is 0 Å². The largest absolute Gasteiger partial charge is 0.382 e. The fourth-order valence-corrected chi connectivity index (χ4v) is 4.12. The first-order chi connectivity index (χ1) is 16.3. The van der Waals surface area contributed by atoms with Gasteiger partial charge in [-0.3, -0.25) is 9.69 Å². The van der Waals surface area contributed by atoms with Gasteiger partial charge < -0.3 is 10.0 Å². The summed E-state index contributed by atoms with van der Waals surface area (Å²) >= 11 is 0. The molecule has 178 valence electrons. The van der Waals surface area contributed by atoms with E-state index >= 15 is 0 Å². The summed E-state index contributed by atoms with van der Waals surface area (Å²) in [7, 11) is 0. The molecular formula is C25H27F2N5O2. The fraction of sp³-hybridized carbons (Fsp3) is 0.320. The number of halogens is 2. The molecule has 0 saturated carbocycles. The number of amides is 1. The number of carbonyl (C=O) groups excluding carboxylic acids is 1. The van der Waals surface area contributed by atoms with Crippen LogP contribution in [0.1, 0.15) is 16.7 Å². The van der Waals surface area contributed by atoms with Gasteiger partial charge in [-0.15, -0.1) is 0 Å². The van der Waals surface area contributed by atoms with Crippen LogP contribution < -0.4 is 0 Å². The summed E-state index contributed by atoms with van der Waals surface area (Å²) in [5.74, 6) is -1.62. The summed E-state index contributed by atoms with van der Waals surface area (Å²) in [5.41, 5.74) is 0.438. The Morgan fingerprint density at radius 2 is 1.82 bits per heavy atom. The molecule has 0 spiro atoms. The molecule has 34 heavy (non-hydrogen) atoms. The van der Waals surface area contributed by atoms with Crippen LogP contribution >= 0.6 is 0 Å². The lowest BCUT2D eigenvalue weighted by atomic mass is 9.92. The van der Waals surface area contributed by atoms with E-state index < -0.39 is 17.2 Å². The Kier molecular flexibility index (Phi) is 7.14. The normalized spacial score (nSPS) is 16.6. The maximum Gasteiger partial charge on any atom is 0.246 e. The predicted molar refractivity (Wildman–Crippen MR) is 124 cm³/mol. The van der Waals surface area contributed by atoms with Gasteiger partial charge in [-0.1, -0.05) is 35.9 Å². The van der Waals surface area contributed by atoms with E-state index in [4.69, 9.17) is 0 Å². The van der Waals surface area contributed by atoms with E-state index in [1.54, 1.807) is 17.1 Å². The lowest BCUT2D eigenvalue weighted by Crippen LogP contribution is -2.53. The monoisotopic (exact) mass is 467 g/mol. The van der Waals surface area contributed by atoms with Gasteiger partial charge in [0.25, 0.3) is 0 Å². The number of aryl methyl sites for hydroxylation is 1. The molecule has 2 heterocycles. The van der Waals surface area contributed by atoms with Crippen LogP contribution in [0.25, 0.3) is 6.08 Å². The topological polar surface area (TPSA) is 74.5 Å². The number of nitrogens with zero attached hydrogens (tertiary/aromatic N) is 5. The number of aromatic nitrogens is 3. The lowest BCUT2D eigenvalue weighted by molar-refractivity contribution is -0.128. The number of carbonyl (C=O) groups is 1. The zero-order valence-corrected chi connectivity index (χ0v) is 18.9. The molecule has 2 aromatic carbocycles. The molecule has 1 unspecified atom stereocenters. The smallest absolute Gasteiger partial charge is 0.246 e. The molecule has 1 aliphatic rings. The molecule has 0 aliphatic carbocycles. The molecule has 0 radical (unpaired) electrons. The molecule has 1 fully saturated rings. The third-order valence-electron chi connectivity index (χ3n) is 5.99. The van der Waals surface area contributed by atoms with Crippen molar-refractivity contribution in [1.29, 1.82) is 0 Å². The Labute approximate surface area is 196 Å². The summed E-state index contributed by atoms with van der Waals surface area (Å²) in [5, 5.41) is 15.5. The number of aliphatic hydroxyl groups is 1. The summed E-state index contributed by atoms with van der Waals surface area (Å²) in [6.45, 7) is 4.02. The Hall–Kier alpha value is -3.43. The summed E-state index contributed by atoms with van der Waals surface area (Å²) in [6.07, 6.45) is 6.12. The minimum Gasteiger partial charge on any atom is -0.382 e. The van der Waals surface area contributed by atoms with Crippen LogP contribution in [0.2, 0.25) is 0 Å². The number of hydrogen-bond acceptors (Lipinski definition) is 5. The molecule has 4 rings (SSSR count). The first-order valence-electron chi connectivity index (χ1n) is 11.1. The highest BCUT2D eigenvalue weighted by molar-refractivity contribution is 5.91. The van der Waals surface area contributed by atoms with Gasteiger partial charge in [-0.05, 0) is 24.6 Å². The Morgan fingerprint density at radius 1 is 1.09 bits per heavy atom. The average Bonchev–Trinajstić information content (AvgIpc) is 3.31. The van der Waals surface area contributed by atoms with Crippen molar-refractivity contribution in [3.05, 3.63) is 89.5 Å². The number of hydrogen-bond donors (Lipinski definition) is 1. The number of rotatable bonds is 7. The highest BCUT2D eigenvalue weighted by atomic mass is 19.1. The summed E-state index contributed by atoms with van der Waals surface area (Å²) < 4.78 is 29.5. The van der Waals surface area contributed by atoms with Crippen molar-refractivity contribution >= 4 is 12.0 Å². The molecule has 1 aliphatic heterocycles. The quantitative estimate of drug-likeness (QED) is 0.541. The van der Waals surface area contributed by atoms with Gasteiger partial charge in [-0.25, -0.2) is 18.4 Å². The van der Waals surface area contributed by atoms with Crippen molar-refractivity contribution in [2.75, 3.05) is 32.7 Å². The van der Waals surface area contributed by atoms with E-state index in [1.807, 2.05) is 36.1 Å². The number of piperazine rings is 1. The molecule has 0 bridgehead atoms. The van der Waals surface area contributed by atoms with Gasteiger partial charge in [-0.2, -0.15) is 5.10 Å². The van der Waals surface area contributed by atoms with E-state index in [0.29, 0.717) is 26.2 Å².